The number of phenolic OH excluding ortho intramolecular Hbond substituents is 1. The fraction of sp³-hybridized carbons (Fsp3) is 0.533. The van der Waals surface area contributed by atoms with E-state index in [4.69, 9.17) is 18.9 Å². The molecule has 0 heterocycles. The summed E-state index contributed by atoms with van der Waals surface area (Å²) in [5, 5.41) is 9.78. The SMILES string of the molecule is COCOC.COCOc1cc(O)c(C(C)=O)c(OCOC)c1. The molecule has 1 aromatic carbocycles. The molecule has 1 rings (SSSR count). The van der Waals surface area contributed by atoms with Gasteiger partial charge in [-0.2, -0.15) is 0 Å². The van der Waals surface area contributed by atoms with Crippen LogP contribution in [-0.4, -0.2) is 59.7 Å². The van der Waals surface area contributed by atoms with Crippen molar-refractivity contribution in [3.8, 4) is 17.2 Å². The third-order valence-corrected chi connectivity index (χ3v) is 2.32. The number of hydrogen-bond donors (Lipinski definition) is 1. The van der Waals surface area contributed by atoms with Crippen molar-refractivity contribution < 1.29 is 38.3 Å². The summed E-state index contributed by atoms with van der Waals surface area (Å²) in [6, 6.07) is 2.82. The normalized spacial score (nSPS) is 9.78. The quantitative estimate of drug-likeness (QED) is 0.540. The van der Waals surface area contributed by atoms with Crippen LogP contribution in [0.2, 0.25) is 0 Å². The Hall–Kier alpha value is -1.87. The zero-order chi connectivity index (χ0) is 17.7. The van der Waals surface area contributed by atoms with Crippen LogP contribution in [-0.2, 0) is 18.9 Å². The molecular weight excluding hydrogens is 308 g/mol. The number of benzene rings is 1. The van der Waals surface area contributed by atoms with Crippen LogP contribution in [0.5, 0.6) is 17.2 Å². The molecule has 0 atom stereocenters. The van der Waals surface area contributed by atoms with E-state index in [0.717, 1.165) is 0 Å². The molecule has 0 aromatic heterocycles. The van der Waals surface area contributed by atoms with Gasteiger partial charge in [-0.15, -0.1) is 0 Å². The maximum atomic E-state index is 11.4. The number of carbonyl (C=O) groups is 1. The molecule has 1 aromatic rings. The molecule has 0 aliphatic rings. The molecule has 8 nitrogen and oxygen atoms in total. The van der Waals surface area contributed by atoms with Gasteiger partial charge in [0.2, 0.25) is 0 Å². The first kappa shape index (κ1) is 21.1. The topological polar surface area (TPSA) is 92.7 Å². The number of aromatic hydroxyl groups is 1. The Morgan fingerprint density at radius 3 is 1.87 bits per heavy atom. The van der Waals surface area contributed by atoms with E-state index in [1.807, 2.05) is 0 Å². The molecule has 0 aliphatic heterocycles. The molecule has 0 unspecified atom stereocenters. The van der Waals surface area contributed by atoms with Crippen LogP contribution in [0.25, 0.3) is 0 Å². The first-order chi connectivity index (χ1) is 11.0. The highest BCUT2D eigenvalue weighted by Gasteiger charge is 2.16. The smallest absolute Gasteiger partial charge is 0.188 e. The summed E-state index contributed by atoms with van der Waals surface area (Å²) in [6.07, 6.45) is 0. The van der Waals surface area contributed by atoms with E-state index in [0.29, 0.717) is 12.5 Å². The predicted molar refractivity (Wildman–Crippen MR) is 82.0 cm³/mol. The van der Waals surface area contributed by atoms with E-state index >= 15 is 0 Å². The third-order valence-electron chi connectivity index (χ3n) is 2.32. The van der Waals surface area contributed by atoms with E-state index in [9.17, 15) is 9.90 Å². The van der Waals surface area contributed by atoms with Crippen molar-refractivity contribution >= 4 is 5.78 Å². The average molecular weight is 332 g/mol. The molecule has 0 spiro atoms. The predicted octanol–water partition coefficient (Wildman–Crippen LogP) is 1.80. The third kappa shape index (κ3) is 8.36. The lowest BCUT2D eigenvalue weighted by Gasteiger charge is -2.13. The Labute approximate surface area is 135 Å². The maximum Gasteiger partial charge on any atom is 0.188 e. The Morgan fingerprint density at radius 2 is 1.43 bits per heavy atom. The number of rotatable bonds is 9. The Balaban J connectivity index is 0.000000841. The second kappa shape index (κ2) is 12.7. The van der Waals surface area contributed by atoms with E-state index in [-0.39, 0.29) is 36.4 Å². The van der Waals surface area contributed by atoms with Crippen molar-refractivity contribution in [2.24, 2.45) is 0 Å². The lowest BCUT2D eigenvalue weighted by atomic mass is 10.1. The summed E-state index contributed by atoms with van der Waals surface area (Å²) in [5.74, 6) is 0.0278. The van der Waals surface area contributed by atoms with Gasteiger partial charge in [0.05, 0.1) is 0 Å². The van der Waals surface area contributed by atoms with Crippen LogP contribution in [0.1, 0.15) is 17.3 Å². The van der Waals surface area contributed by atoms with E-state index < -0.39 is 0 Å². The second-order valence-electron chi connectivity index (χ2n) is 4.17. The van der Waals surface area contributed by atoms with Crippen molar-refractivity contribution in [3.63, 3.8) is 0 Å². The van der Waals surface area contributed by atoms with Crippen molar-refractivity contribution in [2.75, 3.05) is 48.8 Å². The zero-order valence-electron chi connectivity index (χ0n) is 14.1. The van der Waals surface area contributed by atoms with Gasteiger partial charge in [-0.25, -0.2) is 0 Å². The number of ketones is 1. The minimum absolute atomic E-state index is 0.0303. The van der Waals surface area contributed by atoms with Crippen LogP contribution in [0.15, 0.2) is 12.1 Å². The van der Waals surface area contributed by atoms with Gasteiger partial charge >= 0.3 is 0 Å². The summed E-state index contributed by atoms with van der Waals surface area (Å²) < 4.78 is 28.8. The summed E-state index contributed by atoms with van der Waals surface area (Å²) in [5.41, 5.74) is 0.0943. The van der Waals surface area contributed by atoms with Crippen LogP contribution >= 0.6 is 0 Å². The zero-order valence-corrected chi connectivity index (χ0v) is 14.1. The van der Waals surface area contributed by atoms with E-state index in [2.05, 4.69) is 9.47 Å². The lowest BCUT2D eigenvalue weighted by Crippen LogP contribution is -2.06. The Kier molecular flexibility index (Phi) is 11.6. The molecule has 132 valence electrons. The number of hydrogen-bond acceptors (Lipinski definition) is 8. The molecule has 8 heteroatoms. The van der Waals surface area contributed by atoms with Gasteiger partial charge in [-0.3, -0.25) is 4.79 Å². The van der Waals surface area contributed by atoms with Crippen molar-refractivity contribution in [2.45, 2.75) is 6.92 Å². The summed E-state index contributed by atoms with van der Waals surface area (Å²) in [4.78, 5) is 11.4. The average Bonchev–Trinajstić information content (AvgIpc) is 2.51. The number of phenols is 1. The number of carbonyl (C=O) groups excluding carboxylic acids is 1. The molecule has 0 fully saturated rings. The molecule has 0 saturated heterocycles. The van der Waals surface area contributed by atoms with E-state index in [1.54, 1.807) is 14.2 Å². The number of Topliss-reactive ketones (excluding diaryl/α,β-unsaturated/α-hetero) is 1. The molecule has 23 heavy (non-hydrogen) atoms. The van der Waals surface area contributed by atoms with E-state index in [1.165, 1.54) is 33.3 Å². The minimum atomic E-state index is -0.308. The highest BCUT2D eigenvalue weighted by molar-refractivity contribution is 5.99. The summed E-state index contributed by atoms with van der Waals surface area (Å²) >= 11 is 0. The largest absolute Gasteiger partial charge is 0.507 e. The van der Waals surface area contributed by atoms with Gasteiger partial charge in [-0.05, 0) is 6.92 Å². The molecule has 0 bridgehead atoms. The maximum absolute atomic E-state index is 11.4. The first-order valence-corrected chi connectivity index (χ1v) is 6.61. The van der Waals surface area contributed by atoms with Gasteiger partial charge in [0.25, 0.3) is 0 Å². The molecule has 0 radical (unpaired) electrons. The van der Waals surface area contributed by atoms with Gasteiger partial charge in [0, 0.05) is 40.6 Å². The number of methoxy groups -OCH3 is 4. The molecule has 1 N–H and O–H groups in total. The molecule has 0 aliphatic carbocycles. The van der Waals surface area contributed by atoms with Gasteiger partial charge in [0.1, 0.15) is 29.6 Å². The molecule has 0 saturated carbocycles. The van der Waals surface area contributed by atoms with Gasteiger partial charge < -0.3 is 33.5 Å². The second-order valence-corrected chi connectivity index (χ2v) is 4.17. The highest BCUT2D eigenvalue weighted by Crippen LogP contribution is 2.33. The molecule has 0 amide bonds. The Bertz CT molecular complexity index is 459. The minimum Gasteiger partial charge on any atom is -0.507 e. The van der Waals surface area contributed by atoms with Crippen molar-refractivity contribution in [1.82, 2.24) is 0 Å². The molecular formula is C15H24O8. The van der Waals surface area contributed by atoms with Crippen LogP contribution in [0.3, 0.4) is 0 Å². The van der Waals surface area contributed by atoms with Gasteiger partial charge in [-0.1, -0.05) is 0 Å². The van der Waals surface area contributed by atoms with Crippen LogP contribution in [0.4, 0.5) is 0 Å². The Morgan fingerprint density at radius 1 is 0.913 bits per heavy atom. The number of ether oxygens (including phenoxy) is 6. The highest BCUT2D eigenvalue weighted by atomic mass is 16.7. The van der Waals surface area contributed by atoms with Crippen LogP contribution in [0, 0.1) is 0 Å². The first-order valence-electron chi connectivity index (χ1n) is 6.61. The fourth-order valence-corrected chi connectivity index (χ4v) is 1.49. The van der Waals surface area contributed by atoms with Gasteiger partial charge in [0.15, 0.2) is 19.4 Å². The van der Waals surface area contributed by atoms with Crippen LogP contribution < -0.4 is 9.47 Å². The fourth-order valence-electron chi connectivity index (χ4n) is 1.49. The van der Waals surface area contributed by atoms with Crippen molar-refractivity contribution in [1.29, 1.82) is 0 Å². The summed E-state index contributed by atoms with van der Waals surface area (Å²) in [7, 11) is 6.11. The monoisotopic (exact) mass is 332 g/mol. The van der Waals surface area contributed by atoms with Crippen molar-refractivity contribution in [3.05, 3.63) is 17.7 Å². The lowest BCUT2D eigenvalue weighted by molar-refractivity contribution is -0.00272. The standard InChI is InChI=1S/C12H16O6.C3H8O2/c1-8(13)12-10(14)4-9(17-6-15-2)5-11(12)18-7-16-3;1-4-3-5-2/h4-5,14H,6-7H2,1-3H3;3H2,1-2H3. The summed E-state index contributed by atoms with van der Waals surface area (Å²) in [6.45, 7) is 1.72.